The number of ether oxygens (including phenoxy) is 2. The maximum atomic E-state index is 13.4. The molecule has 38 heavy (non-hydrogen) atoms. The van der Waals surface area contributed by atoms with Crippen molar-refractivity contribution in [3.8, 4) is 11.9 Å². The fourth-order valence-electron chi connectivity index (χ4n) is 5.31. The molecule has 2 aromatic heterocycles. The molecular weight excluding hydrogens is 514 g/mol. The lowest BCUT2D eigenvalue weighted by Crippen LogP contribution is -2.54. The predicted molar refractivity (Wildman–Crippen MR) is 139 cm³/mol. The van der Waals surface area contributed by atoms with Gasteiger partial charge in [0.25, 0.3) is 5.91 Å². The molecular formula is C25H32ClN7O5. The van der Waals surface area contributed by atoms with Crippen LogP contribution in [0.3, 0.4) is 0 Å². The van der Waals surface area contributed by atoms with E-state index in [1.807, 2.05) is 6.92 Å². The van der Waals surface area contributed by atoms with E-state index in [9.17, 15) is 14.7 Å². The second kappa shape index (κ2) is 10.8. The van der Waals surface area contributed by atoms with Gasteiger partial charge in [-0.15, -0.1) is 0 Å². The second-order valence-corrected chi connectivity index (χ2v) is 10.4. The van der Waals surface area contributed by atoms with E-state index >= 15 is 0 Å². The Morgan fingerprint density at radius 2 is 1.95 bits per heavy atom. The van der Waals surface area contributed by atoms with Gasteiger partial charge in [0.05, 0.1) is 30.9 Å². The molecule has 12 nitrogen and oxygen atoms in total. The molecule has 2 atom stereocenters. The van der Waals surface area contributed by atoms with Crippen LogP contribution < -0.4 is 14.4 Å². The van der Waals surface area contributed by atoms with Crippen molar-refractivity contribution in [3.63, 3.8) is 0 Å². The number of rotatable bonds is 6. The number of carbonyl (C=O) groups excluding carboxylic acids is 1. The summed E-state index contributed by atoms with van der Waals surface area (Å²) in [6.07, 6.45) is 1.25. The number of hydrogen-bond acceptors (Lipinski definition) is 9. The van der Waals surface area contributed by atoms with Crippen molar-refractivity contribution in [2.75, 3.05) is 51.8 Å². The lowest BCUT2D eigenvalue weighted by atomic mass is 10.1. The summed E-state index contributed by atoms with van der Waals surface area (Å²) in [4.78, 5) is 46.1. The van der Waals surface area contributed by atoms with Crippen LogP contribution in [0.4, 0.5) is 10.6 Å². The number of aromatic nitrogens is 3. The lowest BCUT2D eigenvalue weighted by molar-refractivity contribution is 0.0743. The van der Waals surface area contributed by atoms with Crippen molar-refractivity contribution in [3.05, 3.63) is 34.1 Å². The van der Waals surface area contributed by atoms with Crippen LogP contribution in [0.2, 0.25) is 5.02 Å². The van der Waals surface area contributed by atoms with E-state index in [1.54, 1.807) is 17.0 Å². The molecule has 0 unspecified atom stereocenters. The minimum Gasteiger partial charge on any atom is -0.481 e. The number of nitrogens with zero attached hydrogens (tertiary/aromatic N) is 7. The summed E-state index contributed by atoms with van der Waals surface area (Å²) in [6.45, 7) is 5.18. The van der Waals surface area contributed by atoms with Gasteiger partial charge in [-0.1, -0.05) is 11.6 Å². The molecule has 2 amide bonds. The summed E-state index contributed by atoms with van der Waals surface area (Å²) in [6, 6.07) is 3.63. The van der Waals surface area contributed by atoms with Crippen LogP contribution in [0.5, 0.6) is 11.9 Å². The highest BCUT2D eigenvalue weighted by molar-refractivity contribution is 6.33. The minimum absolute atomic E-state index is 0.109. The Morgan fingerprint density at radius 3 is 2.63 bits per heavy atom. The van der Waals surface area contributed by atoms with Gasteiger partial charge < -0.3 is 34.2 Å². The number of pyridine rings is 1. The number of likely N-dealkylation sites (tertiary alicyclic amines) is 1. The third-order valence-corrected chi connectivity index (χ3v) is 7.81. The molecule has 3 aliphatic rings. The van der Waals surface area contributed by atoms with Crippen LogP contribution in [0.25, 0.3) is 0 Å². The van der Waals surface area contributed by atoms with Gasteiger partial charge in [0, 0.05) is 43.3 Å². The first-order valence-electron chi connectivity index (χ1n) is 12.7. The Balaban J connectivity index is 1.43. The van der Waals surface area contributed by atoms with Crippen LogP contribution in [0, 0.1) is 0 Å². The Hall–Kier alpha value is -3.38. The van der Waals surface area contributed by atoms with Gasteiger partial charge in [0.1, 0.15) is 12.4 Å². The summed E-state index contributed by atoms with van der Waals surface area (Å²) in [5.41, 5.74) is 1.63. The van der Waals surface area contributed by atoms with E-state index in [0.29, 0.717) is 49.7 Å². The predicted octanol–water partition coefficient (Wildman–Crippen LogP) is 2.35. The highest BCUT2D eigenvalue weighted by Gasteiger charge is 2.36. The number of fused-ring (bicyclic) bond motifs is 1. The molecule has 0 spiro atoms. The maximum absolute atomic E-state index is 13.4. The van der Waals surface area contributed by atoms with Gasteiger partial charge in [0.2, 0.25) is 5.88 Å². The second-order valence-electron chi connectivity index (χ2n) is 9.96. The fraction of sp³-hybridized carbons (Fsp3) is 0.560. The summed E-state index contributed by atoms with van der Waals surface area (Å²) in [7, 11) is 3.56. The van der Waals surface area contributed by atoms with Crippen molar-refractivity contribution in [1.82, 2.24) is 29.7 Å². The highest BCUT2D eigenvalue weighted by atomic mass is 35.5. The average Bonchev–Trinajstić information content (AvgIpc) is 3.52. The van der Waals surface area contributed by atoms with E-state index in [4.69, 9.17) is 31.0 Å². The summed E-state index contributed by atoms with van der Waals surface area (Å²) in [5, 5.41) is 9.70. The zero-order chi connectivity index (χ0) is 27.0. The molecule has 0 aliphatic carbocycles. The van der Waals surface area contributed by atoms with E-state index in [1.165, 1.54) is 12.0 Å². The van der Waals surface area contributed by atoms with Gasteiger partial charge in [0.15, 0.2) is 5.69 Å². The number of carboxylic acid groups (broad SMARTS) is 1. The Morgan fingerprint density at radius 1 is 1.13 bits per heavy atom. The summed E-state index contributed by atoms with van der Waals surface area (Å²) in [5.74, 6) is 0.631. The molecule has 3 aliphatic heterocycles. The van der Waals surface area contributed by atoms with Gasteiger partial charge >= 0.3 is 12.1 Å². The fourth-order valence-corrected chi connectivity index (χ4v) is 5.49. The molecule has 13 heteroatoms. The molecule has 2 saturated heterocycles. The average molecular weight is 546 g/mol. The monoisotopic (exact) mass is 545 g/mol. The van der Waals surface area contributed by atoms with Gasteiger partial charge in [-0.05, 0) is 39.4 Å². The smallest absolute Gasteiger partial charge is 0.407 e. The number of methoxy groups -OCH3 is 1. The normalized spacial score (nSPS) is 21.5. The first-order chi connectivity index (χ1) is 18.2. The van der Waals surface area contributed by atoms with Crippen molar-refractivity contribution in [2.24, 2.45) is 0 Å². The first kappa shape index (κ1) is 26.2. The zero-order valence-electron chi connectivity index (χ0n) is 21.8. The molecule has 0 aromatic carbocycles. The van der Waals surface area contributed by atoms with Crippen LogP contribution in [0.15, 0.2) is 12.1 Å². The van der Waals surface area contributed by atoms with Crippen molar-refractivity contribution in [1.29, 1.82) is 0 Å². The molecule has 204 valence electrons. The molecule has 0 bridgehead atoms. The van der Waals surface area contributed by atoms with Crippen LogP contribution in [0.1, 0.15) is 41.5 Å². The molecule has 2 aromatic rings. The number of piperazine rings is 1. The third-order valence-electron chi connectivity index (χ3n) is 7.51. The summed E-state index contributed by atoms with van der Waals surface area (Å²) < 4.78 is 11.3. The lowest BCUT2D eigenvalue weighted by Gasteiger charge is -2.40. The van der Waals surface area contributed by atoms with Crippen LogP contribution in [-0.4, -0.2) is 106 Å². The van der Waals surface area contributed by atoms with E-state index in [2.05, 4.69) is 21.8 Å². The van der Waals surface area contributed by atoms with E-state index in [-0.39, 0.29) is 41.8 Å². The molecule has 5 rings (SSSR count). The van der Waals surface area contributed by atoms with Crippen molar-refractivity contribution in [2.45, 2.75) is 44.9 Å². The number of likely N-dealkylation sites (N-methyl/N-ethyl adjacent to an activating group) is 1. The zero-order valence-corrected chi connectivity index (χ0v) is 22.5. The number of halogens is 1. The SMILES string of the molecule is COc1ccc(Cl)c(C(=O)N2Cc3nc(OC[C@@H]4CCCN4C)nc(N4CCN(C(=O)O)C[C@@H]4C)c3C2)n1. The number of carbonyl (C=O) groups is 2. The summed E-state index contributed by atoms with van der Waals surface area (Å²) >= 11 is 6.31. The molecule has 2 fully saturated rings. The number of anilines is 1. The van der Waals surface area contributed by atoms with Gasteiger partial charge in [-0.2, -0.15) is 9.97 Å². The number of hydrogen-bond donors (Lipinski definition) is 1. The standard InChI is InChI=1S/C25H32ClN7O5/c1-15-11-31(25(35)36)9-10-33(15)22-17-12-32(23(34)21-18(26)6-7-20(28-21)37-3)13-19(17)27-24(29-22)38-14-16-5-4-8-30(16)2/h6-7,15-16H,4-5,8-14H2,1-3H3,(H,35,36)/t15-,16-/m0/s1. The highest BCUT2D eigenvalue weighted by Crippen LogP contribution is 2.34. The Bertz CT molecular complexity index is 1230. The molecule has 5 heterocycles. The molecule has 0 radical (unpaired) electrons. The quantitative estimate of drug-likeness (QED) is 0.578. The topological polar surface area (TPSA) is 124 Å². The van der Waals surface area contributed by atoms with E-state index in [0.717, 1.165) is 24.9 Å². The van der Waals surface area contributed by atoms with E-state index < -0.39 is 6.09 Å². The number of amides is 2. The Labute approximate surface area is 226 Å². The molecule has 1 N–H and O–H groups in total. The van der Waals surface area contributed by atoms with Gasteiger partial charge in [-0.3, -0.25) is 4.79 Å². The Kier molecular flexibility index (Phi) is 7.44. The van der Waals surface area contributed by atoms with Crippen LogP contribution in [-0.2, 0) is 13.1 Å². The maximum Gasteiger partial charge on any atom is 0.407 e. The van der Waals surface area contributed by atoms with Crippen molar-refractivity contribution < 1.29 is 24.2 Å². The van der Waals surface area contributed by atoms with Crippen LogP contribution >= 0.6 is 11.6 Å². The molecule has 0 saturated carbocycles. The van der Waals surface area contributed by atoms with Crippen molar-refractivity contribution >= 4 is 29.4 Å². The largest absolute Gasteiger partial charge is 0.481 e. The van der Waals surface area contributed by atoms with Gasteiger partial charge in [-0.25, -0.2) is 9.78 Å². The minimum atomic E-state index is -0.937. The third kappa shape index (κ3) is 5.14. The first-order valence-corrected chi connectivity index (χ1v) is 13.1.